The number of rotatable bonds is 8. The molecular formula is C17H37IN4O3S. The van der Waals surface area contributed by atoms with Gasteiger partial charge in [0.05, 0.1) is 4.75 Å². The Morgan fingerprint density at radius 3 is 2.12 bits per heavy atom. The van der Waals surface area contributed by atoms with Crippen LogP contribution in [-0.4, -0.2) is 82.3 Å². The third kappa shape index (κ3) is 7.47. The Morgan fingerprint density at radius 1 is 1.15 bits per heavy atom. The van der Waals surface area contributed by atoms with Crippen LogP contribution in [0.2, 0.25) is 0 Å². The summed E-state index contributed by atoms with van der Waals surface area (Å²) in [5.41, 5.74) is 0. The molecule has 0 aliphatic carbocycles. The Balaban J connectivity index is 0.00000625. The lowest BCUT2D eigenvalue weighted by Gasteiger charge is -2.36. The van der Waals surface area contributed by atoms with Crippen molar-refractivity contribution in [1.29, 1.82) is 0 Å². The van der Waals surface area contributed by atoms with E-state index in [1.54, 1.807) is 7.05 Å². The second-order valence-corrected chi connectivity index (χ2v) is 9.76. The van der Waals surface area contributed by atoms with Crippen molar-refractivity contribution >= 4 is 39.8 Å². The van der Waals surface area contributed by atoms with Gasteiger partial charge >= 0.3 is 0 Å². The molecule has 0 unspecified atom stereocenters. The van der Waals surface area contributed by atoms with Gasteiger partial charge in [-0.1, -0.05) is 0 Å². The standard InChI is InChI=1S/C17H36N4O3S.HI/c1-14(2)21(15(3)4)10-9-19-16(18-5)20-13-17(25(6,22)23)7-11-24-12-8-17;/h14-15H,7-13H2,1-6H3,(H2,18,19,20);1H. The predicted molar refractivity (Wildman–Crippen MR) is 119 cm³/mol. The van der Waals surface area contributed by atoms with Crippen molar-refractivity contribution in [2.75, 3.05) is 46.2 Å². The van der Waals surface area contributed by atoms with Crippen LogP contribution in [0.3, 0.4) is 0 Å². The number of nitrogens with one attached hydrogen (secondary N) is 2. The highest BCUT2D eigenvalue weighted by atomic mass is 127. The van der Waals surface area contributed by atoms with Crippen LogP contribution < -0.4 is 10.6 Å². The van der Waals surface area contributed by atoms with Gasteiger partial charge in [-0.15, -0.1) is 24.0 Å². The molecule has 1 heterocycles. The van der Waals surface area contributed by atoms with Gasteiger partial charge < -0.3 is 15.4 Å². The minimum atomic E-state index is -3.18. The van der Waals surface area contributed by atoms with E-state index in [9.17, 15) is 8.42 Å². The number of aliphatic imine (C=N–C) groups is 1. The number of ether oxygens (including phenoxy) is 1. The van der Waals surface area contributed by atoms with E-state index in [0.29, 0.717) is 50.6 Å². The van der Waals surface area contributed by atoms with Gasteiger partial charge in [0.1, 0.15) is 0 Å². The summed E-state index contributed by atoms with van der Waals surface area (Å²) in [6, 6.07) is 0.958. The quantitative estimate of drug-likeness (QED) is 0.296. The summed E-state index contributed by atoms with van der Waals surface area (Å²) in [5.74, 6) is 0.641. The minimum absolute atomic E-state index is 0. The van der Waals surface area contributed by atoms with Gasteiger partial charge in [-0.3, -0.25) is 9.89 Å². The van der Waals surface area contributed by atoms with Gasteiger partial charge in [-0.05, 0) is 40.5 Å². The fourth-order valence-electron chi connectivity index (χ4n) is 3.30. The minimum Gasteiger partial charge on any atom is -0.381 e. The van der Waals surface area contributed by atoms with Crippen molar-refractivity contribution in [2.45, 2.75) is 57.4 Å². The molecule has 2 N–H and O–H groups in total. The van der Waals surface area contributed by atoms with E-state index in [0.717, 1.165) is 13.1 Å². The molecule has 0 spiro atoms. The summed E-state index contributed by atoms with van der Waals surface area (Å²) in [6.07, 6.45) is 2.36. The van der Waals surface area contributed by atoms with E-state index in [4.69, 9.17) is 4.74 Å². The van der Waals surface area contributed by atoms with Crippen molar-refractivity contribution in [2.24, 2.45) is 4.99 Å². The molecule has 1 fully saturated rings. The van der Waals surface area contributed by atoms with Gasteiger partial charge in [0.2, 0.25) is 0 Å². The first-order valence-electron chi connectivity index (χ1n) is 9.10. The molecule has 0 amide bonds. The zero-order valence-electron chi connectivity index (χ0n) is 17.0. The Kier molecular flexibility index (Phi) is 11.6. The highest BCUT2D eigenvalue weighted by Crippen LogP contribution is 2.28. The first-order valence-corrected chi connectivity index (χ1v) is 11.0. The first kappa shape index (κ1) is 25.9. The Labute approximate surface area is 176 Å². The second-order valence-electron chi connectivity index (χ2n) is 7.35. The molecule has 0 bridgehead atoms. The molecular weight excluding hydrogens is 467 g/mol. The summed E-state index contributed by atoms with van der Waals surface area (Å²) < 4.78 is 29.2. The number of sulfone groups is 1. The zero-order valence-corrected chi connectivity index (χ0v) is 20.2. The fraction of sp³-hybridized carbons (Fsp3) is 0.941. The van der Waals surface area contributed by atoms with Crippen molar-refractivity contribution in [3.8, 4) is 0 Å². The number of nitrogens with zero attached hydrogens (tertiary/aromatic N) is 2. The third-order valence-electron chi connectivity index (χ3n) is 4.98. The molecule has 1 aliphatic heterocycles. The van der Waals surface area contributed by atoms with Gasteiger partial charge in [0.25, 0.3) is 0 Å². The topological polar surface area (TPSA) is 83.0 Å². The van der Waals surface area contributed by atoms with E-state index >= 15 is 0 Å². The number of hydrogen-bond acceptors (Lipinski definition) is 5. The summed E-state index contributed by atoms with van der Waals surface area (Å²) in [4.78, 5) is 6.62. The van der Waals surface area contributed by atoms with Crippen LogP contribution in [-0.2, 0) is 14.6 Å². The van der Waals surface area contributed by atoms with E-state index in [2.05, 4.69) is 48.2 Å². The second kappa shape index (κ2) is 11.7. The van der Waals surface area contributed by atoms with Crippen molar-refractivity contribution in [3.63, 3.8) is 0 Å². The SMILES string of the molecule is CN=C(NCCN(C(C)C)C(C)C)NCC1(S(C)(=O)=O)CCOCC1.I. The van der Waals surface area contributed by atoms with E-state index < -0.39 is 14.6 Å². The zero-order chi connectivity index (χ0) is 19.1. The molecule has 0 aromatic carbocycles. The van der Waals surface area contributed by atoms with E-state index in [1.807, 2.05) is 0 Å². The van der Waals surface area contributed by atoms with Crippen LogP contribution in [0, 0.1) is 0 Å². The lowest BCUT2D eigenvalue weighted by Crippen LogP contribution is -2.54. The normalized spacial score (nSPS) is 18.1. The van der Waals surface area contributed by atoms with Crippen molar-refractivity contribution in [1.82, 2.24) is 15.5 Å². The largest absolute Gasteiger partial charge is 0.381 e. The van der Waals surface area contributed by atoms with Gasteiger partial charge in [0, 0.05) is 58.2 Å². The van der Waals surface area contributed by atoms with E-state index in [-0.39, 0.29) is 24.0 Å². The Hall–Kier alpha value is -0.130. The van der Waals surface area contributed by atoms with Crippen LogP contribution in [0.25, 0.3) is 0 Å². The Morgan fingerprint density at radius 2 is 1.69 bits per heavy atom. The van der Waals surface area contributed by atoms with Gasteiger partial charge in [-0.2, -0.15) is 0 Å². The van der Waals surface area contributed by atoms with Crippen LogP contribution in [0.4, 0.5) is 0 Å². The van der Waals surface area contributed by atoms with Crippen LogP contribution in [0.15, 0.2) is 4.99 Å². The maximum atomic E-state index is 12.3. The van der Waals surface area contributed by atoms with E-state index in [1.165, 1.54) is 6.26 Å². The summed E-state index contributed by atoms with van der Waals surface area (Å²) >= 11 is 0. The molecule has 0 radical (unpaired) electrons. The molecule has 26 heavy (non-hydrogen) atoms. The summed E-state index contributed by atoms with van der Waals surface area (Å²) in [7, 11) is -1.48. The maximum absolute atomic E-state index is 12.3. The highest BCUT2D eigenvalue weighted by molar-refractivity contribution is 14.0. The molecule has 9 heteroatoms. The number of hydrogen-bond donors (Lipinski definition) is 2. The molecule has 7 nitrogen and oxygen atoms in total. The highest BCUT2D eigenvalue weighted by Gasteiger charge is 2.42. The fourth-order valence-corrected chi connectivity index (χ4v) is 4.55. The molecule has 0 aromatic heterocycles. The molecule has 1 aliphatic rings. The smallest absolute Gasteiger partial charge is 0.191 e. The molecule has 1 rings (SSSR count). The molecule has 156 valence electrons. The maximum Gasteiger partial charge on any atom is 0.191 e. The summed E-state index contributed by atoms with van der Waals surface area (Å²) in [6.45, 7) is 11.7. The van der Waals surface area contributed by atoms with Crippen molar-refractivity contribution in [3.05, 3.63) is 0 Å². The molecule has 0 saturated carbocycles. The lowest BCUT2D eigenvalue weighted by molar-refractivity contribution is 0.0756. The molecule has 0 aromatic rings. The average Bonchev–Trinajstić information content (AvgIpc) is 2.53. The number of guanidine groups is 1. The van der Waals surface area contributed by atoms with Crippen LogP contribution >= 0.6 is 24.0 Å². The first-order chi connectivity index (χ1) is 11.6. The lowest BCUT2D eigenvalue weighted by atomic mass is 9.99. The van der Waals surface area contributed by atoms with Gasteiger partial charge in [-0.25, -0.2) is 8.42 Å². The van der Waals surface area contributed by atoms with Crippen LogP contribution in [0.5, 0.6) is 0 Å². The summed E-state index contributed by atoms with van der Waals surface area (Å²) in [5, 5.41) is 6.49. The van der Waals surface area contributed by atoms with Crippen molar-refractivity contribution < 1.29 is 13.2 Å². The molecule has 0 atom stereocenters. The molecule has 1 saturated heterocycles. The Bertz CT molecular complexity index is 524. The van der Waals surface area contributed by atoms with Crippen LogP contribution in [0.1, 0.15) is 40.5 Å². The predicted octanol–water partition coefficient (Wildman–Crippen LogP) is 1.48. The average molecular weight is 504 g/mol. The monoisotopic (exact) mass is 504 g/mol. The van der Waals surface area contributed by atoms with Gasteiger partial charge in [0.15, 0.2) is 15.8 Å². The number of halogens is 1. The third-order valence-corrected chi connectivity index (χ3v) is 7.11.